The van der Waals surface area contributed by atoms with Gasteiger partial charge in [-0.3, -0.25) is 0 Å². The van der Waals surface area contributed by atoms with Crippen molar-refractivity contribution in [1.82, 2.24) is 9.97 Å². The Labute approximate surface area is 165 Å². The molecule has 7 heteroatoms. The Kier molecular flexibility index (Phi) is 6.92. The summed E-state index contributed by atoms with van der Waals surface area (Å²) in [6.45, 7) is 0.738. The van der Waals surface area contributed by atoms with Crippen molar-refractivity contribution in [2.24, 2.45) is 5.73 Å². The number of rotatable bonds is 5. The summed E-state index contributed by atoms with van der Waals surface area (Å²) in [5.74, 6) is 2.98. The molecule has 4 nitrogen and oxygen atoms in total. The van der Waals surface area contributed by atoms with Crippen LogP contribution in [0, 0.1) is 0 Å². The molecule has 0 atom stereocenters. The van der Waals surface area contributed by atoms with Crippen molar-refractivity contribution in [3.05, 3.63) is 52.4 Å². The van der Waals surface area contributed by atoms with Gasteiger partial charge in [0, 0.05) is 41.2 Å². The monoisotopic (exact) mass is 400 g/mol. The third-order valence-corrected chi connectivity index (χ3v) is 4.94. The number of aromatic nitrogens is 2. The van der Waals surface area contributed by atoms with Crippen molar-refractivity contribution >= 4 is 42.2 Å². The predicted molar refractivity (Wildman–Crippen MR) is 107 cm³/mol. The molecule has 1 heterocycles. The second kappa shape index (κ2) is 8.54. The molecule has 2 fully saturated rings. The molecule has 0 aliphatic heterocycles. The topological polar surface area (TPSA) is 63.8 Å². The number of hydrogen-bond donors (Lipinski definition) is 2. The van der Waals surface area contributed by atoms with E-state index in [-0.39, 0.29) is 24.8 Å². The fourth-order valence-corrected chi connectivity index (χ4v) is 3.13. The second-order valence-corrected chi connectivity index (χ2v) is 7.16. The van der Waals surface area contributed by atoms with Gasteiger partial charge < -0.3 is 11.1 Å². The maximum Gasteiger partial charge on any atom is 0.134 e. The maximum absolute atomic E-state index is 5.93. The van der Waals surface area contributed by atoms with Crippen molar-refractivity contribution < 1.29 is 0 Å². The van der Waals surface area contributed by atoms with E-state index in [9.17, 15) is 0 Å². The van der Waals surface area contributed by atoms with Crippen LogP contribution in [0.3, 0.4) is 0 Å². The highest BCUT2D eigenvalue weighted by molar-refractivity contribution is 6.30. The van der Waals surface area contributed by atoms with E-state index in [2.05, 4.69) is 11.4 Å². The Morgan fingerprint density at radius 1 is 1.04 bits per heavy atom. The van der Waals surface area contributed by atoms with Gasteiger partial charge in [-0.15, -0.1) is 24.8 Å². The first kappa shape index (κ1) is 20.2. The minimum atomic E-state index is 0. The van der Waals surface area contributed by atoms with Crippen LogP contribution in [-0.4, -0.2) is 16.0 Å². The fraction of sp³-hybridized carbons (Fsp3) is 0.444. The van der Waals surface area contributed by atoms with E-state index in [0.29, 0.717) is 17.9 Å². The van der Waals surface area contributed by atoms with E-state index < -0.39 is 0 Å². The first-order chi connectivity index (χ1) is 11.2. The number of hydrogen-bond acceptors (Lipinski definition) is 4. The van der Waals surface area contributed by atoms with Gasteiger partial charge in [-0.05, 0) is 43.4 Å². The largest absolute Gasteiger partial charge is 0.366 e. The first-order valence-electron chi connectivity index (χ1n) is 8.30. The molecular weight excluding hydrogens is 379 g/mol. The van der Waals surface area contributed by atoms with E-state index >= 15 is 0 Å². The summed E-state index contributed by atoms with van der Waals surface area (Å²) in [6.07, 6.45) is 4.50. The molecule has 2 aliphatic rings. The van der Waals surface area contributed by atoms with Crippen LogP contribution in [-0.2, 0) is 6.54 Å². The minimum Gasteiger partial charge on any atom is -0.366 e. The van der Waals surface area contributed by atoms with Crippen LogP contribution in [0.1, 0.15) is 54.6 Å². The normalized spacial score (nSPS) is 21.5. The lowest BCUT2D eigenvalue weighted by Crippen LogP contribution is -2.35. The van der Waals surface area contributed by atoms with Gasteiger partial charge in [0.1, 0.15) is 11.6 Å². The van der Waals surface area contributed by atoms with Crippen molar-refractivity contribution in [2.45, 2.75) is 50.1 Å². The third-order valence-electron chi connectivity index (χ3n) is 4.69. The van der Waals surface area contributed by atoms with E-state index in [4.69, 9.17) is 27.3 Å². The minimum absolute atomic E-state index is 0. The van der Waals surface area contributed by atoms with Gasteiger partial charge in [-0.2, -0.15) is 0 Å². The lowest BCUT2D eigenvalue weighted by atomic mass is 9.78. The van der Waals surface area contributed by atoms with Crippen LogP contribution in [0.15, 0.2) is 30.3 Å². The Hall–Kier alpha value is -1.07. The van der Waals surface area contributed by atoms with Crippen LogP contribution < -0.4 is 11.1 Å². The Morgan fingerprint density at radius 3 is 2.32 bits per heavy atom. The SMILES string of the molecule is Cl.Cl.NC1CC(c2cc(NCc3ccc(Cl)cc3)nc(C3CC3)n2)C1. The molecule has 0 saturated heterocycles. The van der Waals surface area contributed by atoms with Crippen LogP contribution in [0.4, 0.5) is 5.82 Å². The summed E-state index contributed by atoms with van der Waals surface area (Å²) in [6, 6.07) is 10.3. The molecule has 25 heavy (non-hydrogen) atoms. The number of anilines is 1. The highest BCUT2D eigenvalue weighted by Crippen LogP contribution is 2.41. The lowest BCUT2D eigenvalue weighted by Gasteiger charge is -2.32. The van der Waals surface area contributed by atoms with Crippen molar-refractivity contribution in [1.29, 1.82) is 0 Å². The summed E-state index contributed by atoms with van der Waals surface area (Å²) in [7, 11) is 0. The van der Waals surface area contributed by atoms with Gasteiger partial charge >= 0.3 is 0 Å². The highest BCUT2D eigenvalue weighted by atomic mass is 35.5. The van der Waals surface area contributed by atoms with Gasteiger partial charge in [0.05, 0.1) is 0 Å². The Morgan fingerprint density at radius 2 is 1.72 bits per heavy atom. The molecule has 4 rings (SSSR count). The van der Waals surface area contributed by atoms with Gasteiger partial charge in [0.25, 0.3) is 0 Å². The highest BCUT2D eigenvalue weighted by Gasteiger charge is 2.32. The molecule has 2 aliphatic carbocycles. The molecule has 1 aromatic heterocycles. The summed E-state index contributed by atoms with van der Waals surface area (Å²) in [4.78, 5) is 9.50. The van der Waals surface area contributed by atoms with E-state index in [1.165, 1.54) is 18.4 Å². The average Bonchev–Trinajstić information content (AvgIpc) is 3.36. The summed E-state index contributed by atoms with van der Waals surface area (Å²) < 4.78 is 0. The average molecular weight is 402 g/mol. The molecule has 3 N–H and O–H groups in total. The zero-order valence-corrected chi connectivity index (χ0v) is 16.2. The Balaban J connectivity index is 0.00000113. The van der Waals surface area contributed by atoms with Crippen LogP contribution >= 0.6 is 36.4 Å². The zero-order chi connectivity index (χ0) is 15.8. The summed E-state index contributed by atoms with van der Waals surface area (Å²) >= 11 is 5.93. The number of nitrogens with one attached hydrogen (secondary N) is 1. The van der Waals surface area contributed by atoms with Crippen molar-refractivity contribution in [3.8, 4) is 0 Å². The van der Waals surface area contributed by atoms with Gasteiger partial charge in [-0.25, -0.2) is 9.97 Å². The number of halogens is 3. The quantitative estimate of drug-likeness (QED) is 0.764. The molecule has 0 bridgehead atoms. The molecule has 0 radical (unpaired) electrons. The molecule has 0 spiro atoms. The summed E-state index contributed by atoms with van der Waals surface area (Å²) in [5.41, 5.74) is 8.27. The van der Waals surface area contributed by atoms with Crippen LogP contribution in [0.5, 0.6) is 0 Å². The Bertz CT molecular complexity index is 698. The van der Waals surface area contributed by atoms with Crippen molar-refractivity contribution in [3.63, 3.8) is 0 Å². The van der Waals surface area contributed by atoms with E-state index in [1.54, 1.807) is 0 Å². The van der Waals surface area contributed by atoms with Gasteiger partial charge in [0.15, 0.2) is 0 Å². The molecule has 2 saturated carbocycles. The zero-order valence-electron chi connectivity index (χ0n) is 13.8. The van der Waals surface area contributed by atoms with E-state index in [1.807, 2.05) is 24.3 Å². The fourth-order valence-electron chi connectivity index (χ4n) is 3.01. The number of nitrogens with two attached hydrogens (primary N) is 1. The van der Waals surface area contributed by atoms with Crippen molar-refractivity contribution in [2.75, 3.05) is 5.32 Å². The first-order valence-corrected chi connectivity index (χ1v) is 8.68. The second-order valence-electron chi connectivity index (χ2n) is 6.72. The molecule has 0 unspecified atom stereocenters. The molecular formula is C18H23Cl3N4. The van der Waals surface area contributed by atoms with E-state index in [0.717, 1.165) is 41.7 Å². The molecule has 0 amide bonds. The van der Waals surface area contributed by atoms with Gasteiger partial charge in [-0.1, -0.05) is 23.7 Å². The number of benzene rings is 1. The van der Waals surface area contributed by atoms with Gasteiger partial charge in [0.2, 0.25) is 0 Å². The summed E-state index contributed by atoms with van der Waals surface area (Å²) in [5, 5.41) is 4.19. The lowest BCUT2D eigenvalue weighted by molar-refractivity contribution is 0.344. The van der Waals surface area contributed by atoms with Crippen LogP contribution in [0.25, 0.3) is 0 Å². The molecule has 2 aromatic rings. The molecule has 1 aromatic carbocycles. The number of nitrogens with zero attached hydrogens (tertiary/aromatic N) is 2. The smallest absolute Gasteiger partial charge is 0.134 e. The third kappa shape index (κ3) is 4.98. The maximum atomic E-state index is 5.93. The predicted octanol–water partition coefficient (Wildman–Crippen LogP) is 4.67. The standard InChI is InChI=1S/C18H21ClN4.2ClH/c19-14-5-1-11(2-6-14)10-21-17-9-16(13-7-15(20)8-13)22-18(23-17)12-3-4-12;;/h1-2,5-6,9,12-13,15H,3-4,7-8,10,20H2,(H,21,22,23);2*1H. The van der Waals surface area contributed by atoms with Crippen LogP contribution in [0.2, 0.25) is 5.02 Å². The molecule has 136 valence electrons.